The monoisotopic (exact) mass is 290 g/mol. The zero-order valence-electron chi connectivity index (χ0n) is 11.1. The van der Waals surface area contributed by atoms with Gasteiger partial charge >= 0.3 is 0 Å². The average Bonchev–Trinajstić information content (AvgIpc) is 2.47. The van der Waals surface area contributed by atoms with Crippen molar-refractivity contribution in [1.29, 1.82) is 0 Å². The lowest BCUT2D eigenvalue weighted by atomic mass is 10.3. The highest BCUT2D eigenvalue weighted by Gasteiger charge is 2.10. The summed E-state index contributed by atoms with van der Waals surface area (Å²) in [6.45, 7) is 0.453. The van der Waals surface area contributed by atoms with Gasteiger partial charge in [-0.25, -0.2) is 0 Å². The van der Waals surface area contributed by atoms with Gasteiger partial charge in [-0.05, 0) is 36.4 Å². The lowest BCUT2D eigenvalue weighted by Crippen LogP contribution is -2.31. The number of hydrogen-bond acceptors (Lipinski definition) is 3. The van der Waals surface area contributed by atoms with Crippen molar-refractivity contribution in [2.75, 3.05) is 13.7 Å². The standard InChI is InChI=1S/C15H15ClN2O2/c1-18(10-13-4-2-3-9-17-13)15(19)11-20-14-7-5-12(16)6-8-14/h2-9H,10-11H2,1H3. The number of benzene rings is 1. The first-order valence-electron chi connectivity index (χ1n) is 6.17. The van der Waals surface area contributed by atoms with Crippen molar-refractivity contribution in [3.8, 4) is 5.75 Å². The highest BCUT2D eigenvalue weighted by Crippen LogP contribution is 2.15. The molecule has 20 heavy (non-hydrogen) atoms. The van der Waals surface area contributed by atoms with Crippen molar-refractivity contribution < 1.29 is 9.53 Å². The van der Waals surface area contributed by atoms with Crippen LogP contribution in [0.25, 0.3) is 0 Å². The molecule has 1 aromatic heterocycles. The number of rotatable bonds is 5. The zero-order valence-corrected chi connectivity index (χ0v) is 11.9. The van der Waals surface area contributed by atoms with E-state index in [0.717, 1.165) is 5.69 Å². The van der Waals surface area contributed by atoms with Gasteiger partial charge in [-0.1, -0.05) is 17.7 Å². The molecule has 2 aromatic rings. The van der Waals surface area contributed by atoms with Crippen LogP contribution in [0.15, 0.2) is 48.7 Å². The van der Waals surface area contributed by atoms with E-state index in [2.05, 4.69) is 4.98 Å². The Morgan fingerprint density at radius 1 is 1.25 bits per heavy atom. The Balaban J connectivity index is 1.83. The molecule has 0 N–H and O–H groups in total. The Labute approximate surface area is 123 Å². The first kappa shape index (κ1) is 14.3. The molecule has 0 bridgehead atoms. The zero-order chi connectivity index (χ0) is 14.4. The van der Waals surface area contributed by atoms with Crippen molar-refractivity contribution in [3.05, 3.63) is 59.4 Å². The van der Waals surface area contributed by atoms with Gasteiger partial charge in [-0.3, -0.25) is 9.78 Å². The Bertz CT molecular complexity index is 558. The lowest BCUT2D eigenvalue weighted by Gasteiger charge is -2.17. The van der Waals surface area contributed by atoms with E-state index in [1.807, 2.05) is 18.2 Å². The van der Waals surface area contributed by atoms with Crippen LogP contribution in [-0.2, 0) is 11.3 Å². The maximum Gasteiger partial charge on any atom is 0.260 e. The highest BCUT2D eigenvalue weighted by molar-refractivity contribution is 6.30. The summed E-state index contributed by atoms with van der Waals surface area (Å²) in [4.78, 5) is 17.7. The van der Waals surface area contributed by atoms with Gasteiger partial charge in [0, 0.05) is 18.3 Å². The summed E-state index contributed by atoms with van der Waals surface area (Å²) < 4.78 is 5.41. The second-order valence-electron chi connectivity index (χ2n) is 4.31. The number of hydrogen-bond donors (Lipinski definition) is 0. The molecule has 2 rings (SSSR count). The molecule has 1 heterocycles. The van der Waals surface area contributed by atoms with Gasteiger partial charge in [0.2, 0.25) is 0 Å². The second-order valence-corrected chi connectivity index (χ2v) is 4.75. The summed E-state index contributed by atoms with van der Waals surface area (Å²) in [6.07, 6.45) is 1.71. The van der Waals surface area contributed by atoms with E-state index < -0.39 is 0 Å². The summed E-state index contributed by atoms with van der Waals surface area (Å²) in [5.74, 6) is 0.514. The molecule has 5 heteroatoms. The van der Waals surface area contributed by atoms with Gasteiger partial charge in [-0.2, -0.15) is 0 Å². The summed E-state index contributed by atoms with van der Waals surface area (Å²) in [7, 11) is 1.72. The van der Waals surface area contributed by atoms with Crippen LogP contribution in [0.2, 0.25) is 5.02 Å². The number of nitrogens with zero attached hydrogens (tertiary/aromatic N) is 2. The molecule has 0 atom stereocenters. The van der Waals surface area contributed by atoms with Crippen LogP contribution in [-0.4, -0.2) is 29.4 Å². The Kier molecular flexibility index (Phi) is 4.96. The number of carbonyl (C=O) groups excluding carboxylic acids is 1. The van der Waals surface area contributed by atoms with Gasteiger partial charge in [0.15, 0.2) is 6.61 Å². The molecule has 0 radical (unpaired) electrons. The van der Waals surface area contributed by atoms with Crippen molar-refractivity contribution in [3.63, 3.8) is 0 Å². The molecular weight excluding hydrogens is 276 g/mol. The second kappa shape index (κ2) is 6.91. The summed E-state index contributed by atoms with van der Waals surface area (Å²) in [5.41, 5.74) is 0.842. The lowest BCUT2D eigenvalue weighted by molar-refractivity contribution is -0.132. The van der Waals surface area contributed by atoms with E-state index >= 15 is 0 Å². The minimum Gasteiger partial charge on any atom is -0.484 e. The van der Waals surface area contributed by atoms with Gasteiger partial charge in [0.1, 0.15) is 5.75 Å². The predicted octanol–water partition coefficient (Wildman–Crippen LogP) is 2.77. The fourth-order valence-electron chi connectivity index (χ4n) is 1.61. The normalized spacial score (nSPS) is 10.1. The van der Waals surface area contributed by atoms with E-state index in [1.54, 1.807) is 42.4 Å². The van der Waals surface area contributed by atoms with E-state index in [0.29, 0.717) is 17.3 Å². The number of halogens is 1. The fraction of sp³-hybridized carbons (Fsp3) is 0.200. The van der Waals surface area contributed by atoms with E-state index in [-0.39, 0.29) is 12.5 Å². The summed E-state index contributed by atoms with van der Waals surface area (Å²) in [5, 5.41) is 0.635. The summed E-state index contributed by atoms with van der Waals surface area (Å²) in [6, 6.07) is 12.5. The van der Waals surface area contributed by atoms with Crippen LogP contribution in [0.1, 0.15) is 5.69 Å². The van der Waals surface area contributed by atoms with Crippen LogP contribution in [0, 0.1) is 0 Å². The van der Waals surface area contributed by atoms with Crippen LogP contribution >= 0.6 is 11.6 Å². The first-order valence-corrected chi connectivity index (χ1v) is 6.55. The molecule has 4 nitrogen and oxygen atoms in total. The van der Waals surface area contributed by atoms with Crippen molar-refractivity contribution in [2.24, 2.45) is 0 Å². The average molecular weight is 291 g/mol. The van der Waals surface area contributed by atoms with E-state index in [4.69, 9.17) is 16.3 Å². The highest BCUT2D eigenvalue weighted by atomic mass is 35.5. The minimum absolute atomic E-state index is 0.00896. The topological polar surface area (TPSA) is 42.4 Å². The van der Waals surface area contributed by atoms with Gasteiger partial charge < -0.3 is 9.64 Å². The smallest absolute Gasteiger partial charge is 0.260 e. The van der Waals surface area contributed by atoms with Crippen LogP contribution in [0.3, 0.4) is 0 Å². The molecule has 1 amide bonds. The Morgan fingerprint density at radius 2 is 2.00 bits per heavy atom. The van der Waals surface area contributed by atoms with Crippen LogP contribution < -0.4 is 4.74 Å². The summed E-state index contributed by atoms with van der Waals surface area (Å²) >= 11 is 5.78. The van der Waals surface area contributed by atoms with Crippen molar-refractivity contribution in [2.45, 2.75) is 6.54 Å². The van der Waals surface area contributed by atoms with Gasteiger partial charge in [0.25, 0.3) is 5.91 Å². The molecule has 0 spiro atoms. The number of aromatic nitrogens is 1. The Morgan fingerprint density at radius 3 is 2.65 bits per heavy atom. The number of ether oxygens (including phenoxy) is 1. The number of amides is 1. The molecule has 0 fully saturated rings. The number of likely N-dealkylation sites (N-methyl/N-ethyl adjacent to an activating group) is 1. The predicted molar refractivity (Wildman–Crippen MR) is 77.7 cm³/mol. The van der Waals surface area contributed by atoms with Crippen molar-refractivity contribution in [1.82, 2.24) is 9.88 Å². The van der Waals surface area contributed by atoms with E-state index in [9.17, 15) is 4.79 Å². The third-order valence-corrected chi connectivity index (χ3v) is 2.98. The van der Waals surface area contributed by atoms with Crippen LogP contribution in [0.5, 0.6) is 5.75 Å². The molecule has 0 aliphatic carbocycles. The maximum atomic E-state index is 11.9. The molecule has 0 aliphatic rings. The number of pyridine rings is 1. The molecule has 0 saturated carbocycles. The molecule has 0 aliphatic heterocycles. The molecule has 1 aromatic carbocycles. The van der Waals surface area contributed by atoms with E-state index in [1.165, 1.54) is 0 Å². The third kappa shape index (κ3) is 4.24. The number of carbonyl (C=O) groups is 1. The first-order chi connectivity index (χ1) is 9.65. The molecular formula is C15H15ClN2O2. The molecule has 104 valence electrons. The molecule has 0 unspecified atom stereocenters. The van der Waals surface area contributed by atoms with Gasteiger partial charge in [-0.15, -0.1) is 0 Å². The fourth-order valence-corrected chi connectivity index (χ4v) is 1.73. The quantitative estimate of drug-likeness (QED) is 0.850. The minimum atomic E-state index is -0.106. The third-order valence-electron chi connectivity index (χ3n) is 2.73. The van der Waals surface area contributed by atoms with Gasteiger partial charge in [0.05, 0.1) is 12.2 Å². The largest absolute Gasteiger partial charge is 0.484 e. The van der Waals surface area contributed by atoms with Crippen molar-refractivity contribution >= 4 is 17.5 Å². The maximum absolute atomic E-state index is 11.9. The Hall–Kier alpha value is -2.07. The van der Waals surface area contributed by atoms with Crippen LogP contribution in [0.4, 0.5) is 0 Å². The SMILES string of the molecule is CN(Cc1ccccn1)C(=O)COc1ccc(Cl)cc1. The molecule has 0 saturated heterocycles.